The molecule has 0 fully saturated rings. The molecular formula is C16H31N3O. The largest absolute Gasteiger partial charge is 0.383 e. The summed E-state index contributed by atoms with van der Waals surface area (Å²) in [7, 11) is 1.72. The molecule has 20 heavy (non-hydrogen) atoms. The Hall–Kier alpha value is -1.03. The van der Waals surface area contributed by atoms with Crippen molar-refractivity contribution in [1.82, 2.24) is 9.55 Å². The maximum Gasteiger partial charge on any atom is 0.202 e. The van der Waals surface area contributed by atoms with Crippen LogP contribution in [0.2, 0.25) is 0 Å². The van der Waals surface area contributed by atoms with Crippen LogP contribution in [0.4, 0.5) is 5.95 Å². The monoisotopic (exact) mass is 281 g/mol. The molecule has 1 aromatic heterocycles. The third kappa shape index (κ3) is 7.53. The molecule has 0 radical (unpaired) electrons. The molecule has 1 rings (SSSR count). The number of aromatic nitrogens is 2. The molecule has 0 aliphatic heterocycles. The zero-order valence-electron chi connectivity index (χ0n) is 13.2. The number of unbranched alkanes of at least 4 members (excludes halogenated alkanes) is 7. The van der Waals surface area contributed by atoms with Crippen LogP contribution in [-0.4, -0.2) is 29.8 Å². The van der Waals surface area contributed by atoms with Crippen LogP contribution >= 0.6 is 0 Å². The second kappa shape index (κ2) is 11.8. The lowest BCUT2D eigenvalue weighted by atomic mass is 10.1. The minimum absolute atomic E-state index is 0.713. The Labute approximate surface area is 123 Å². The van der Waals surface area contributed by atoms with Gasteiger partial charge in [-0.2, -0.15) is 0 Å². The fourth-order valence-corrected chi connectivity index (χ4v) is 2.34. The van der Waals surface area contributed by atoms with E-state index in [2.05, 4.69) is 28.0 Å². The van der Waals surface area contributed by atoms with Crippen LogP contribution in [0.15, 0.2) is 12.4 Å². The summed E-state index contributed by atoms with van der Waals surface area (Å²) in [6.07, 6.45) is 14.8. The Kier molecular flexibility index (Phi) is 10.0. The first-order chi connectivity index (χ1) is 9.88. The predicted molar refractivity (Wildman–Crippen MR) is 85.2 cm³/mol. The van der Waals surface area contributed by atoms with Crippen molar-refractivity contribution in [2.24, 2.45) is 0 Å². The van der Waals surface area contributed by atoms with Gasteiger partial charge < -0.3 is 14.6 Å². The SMILES string of the molecule is CCCCCCCCCCn1ccnc1NCCOC. The fraction of sp³-hybridized carbons (Fsp3) is 0.812. The lowest BCUT2D eigenvalue weighted by molar-refractivity contribution is 0.210. The van der Waals surface area contributed by atoms with Gasteiger partial charge in [0.1, 0.15) is 0 Å². The summed E-state index contributed by atoms with van der Waals surface area (Å²) in [5.74, 6) is 0.963. The Morgan fingerprint density at radius 2 is 1.80 bits per heavy atom. The molecule has 0 saturated carbocycles. The molecule has 0 amide bonds. The average molecular weight is 281 g/mol. The molecule has 0 spiro atoms. The zero-order chi connectivity index (χ0) is 14.5. The highest BCUT2D eigenvalue weighted by Crippen LogP contribution is 2.11. The number of hydrogen-bond acceptors (Lipinski definition) is 3. The van der Waals surface area contributed by atoms with Crippen molar-refractivity contribution in [2.75, 3.05) is 25.6 Å². The molecule has 0 unspecified atom stereocenters. The van der Waals surface area contributed by atoms with Crippen LogP contribution in [0.5, 0.6) is 0 Å². The predicted octanol–water partition coefficient (Wildman–Crippen LogP) is 4.08. The van der Waals surface area contributed by atoms with Crippen LogP contribution in [0.25, 0.3) is 0 Å². The first kappa shape index (κ1) is 17.0. The van der Waals surface area contributed by atoms with Gasteiger partial charge in [0.25, 0.3) is 0 Å². The number of hydrogen-bond donors (Lipinski definition) is 1. The van der Waals surface area contributed by atoms with Gasteiger partial charge in [0.2, 0.25) is 5.95 Å². The molecular weight excluding hydrogens is 250 g/mol. The molecule has 0 bridgehead atoms. The third-order valence-corrected chi connectivity index (χ3v) is 3.56. The normalized spacial score (nSPS) is 10.9. The van der Waals surface area contributed by atoms with E-state index in [0.29, 0.717) is 6.61 Å². The van der Waals surface area contributed by atoms with Gasteiger partial charge >= 0.3 is 0 Å². The van der Waals surface area contributed by atoms with Crippen molar-refractivity contribution in [3.63, 3.8) is 0 Å². The van der Waals surface area contributed by atoms with Gasteiger partial charge in [0.05, 0.1) is 6.61 Å². The highest BCUT2D eigenvalue weighted by Gasteiger charge is 2.01. The minimum Gasteiger partial charge on any atom is -0.383 e. The first-order valence-electron chi connectivity index (χ1n) is 8.12. The van der Waals surface area contributed by atoms with Gasteiger partial charge in [-0.1, -0.05) is 51.9 Å². The molecule has 0 aliphatic rings. The molecule has 0 aromatic carbocycles. The summed E-state index contributed by atoms with van der Waals surface area (Å²) >= 11 is 0. The summed E-state index contributed by atoms with van der Waals surface area (Å²) < 4.78 is 7.23. The number of methoxy groups -OCH3 is 1. The second-order valence-electron chi connectivity index (χ2n) is 5.34. The van der Waals surface area contributed by atoms with Crippen molar-refractivity contribution in [2.45, 2.75) is 64.8 Å². The molecule has 4 nitrogen and oxygen atoms in total. The first-order valence-corrected chi connectivity index (χ1v) is 8.12. The van der Waals surface area contributed by atoms with Gasteiger partial charge in [0, 0.05) is 32.6 Å². The van der Waals surface area contributed by atoms with E-state index in [1.165, 1.54) is 51.4 Å². The lowest BCUT2D eigenvalue weighted by Gasteiger charge is -2.09. The lowest BCUT2D eigenvalue weighted by Crippen LogP contribution is -2.12. The van der Waals surface area contributed by atoms with E-state index >= 15 is 0 Å². The topological polar surface area (TPSA) is 39.1 Å². The van der Waals surface area contributed by atoms with E-state index in [4.69, 9.17) is 4.74 Å². The van der Waals surface area contributed by atoms with Crippen LogP contribution in [0.1, 0.15) is 58.3 Å². The molecule has 116 valence electrons. The number of aryl methyl sites for hydroxylation is 1. The molecule has 0 atom stereocenters. The van der Waals surface area contributed by atoms with Crippen molar-refractivity contribution in [3.8, 4) is 0 Å². The Balaban J connectivity index is 2.05. The zero-order valence-corrected chi connectivity index (χ0v) is 13.2. The van der Waals surface area contributed by atoms with Gasteiger partial charge in [-0.15, -0.1) is 0 Å². The molecule has 1 N–H and O–H groups in total. The smallest absolute Gasteiger partial charge is 0.202 e. The molecule has 0 aliphatic carbocycles. The van der Waals surface area contributed by atoms with Crippen LogP contribution in [0.3, 0.4) is 0 Å². The molecule has 0 saturated heterocycles. The number of nitrogens with one attached hydrogen (secondary N) is 1. The second-order valence-corrected chi connectivity index (χ2v) is 5.34. The number of nitrogens with zero attached hydrogens (tertiary/aromatic N) is 2. The maximum absolute atomic E-state index is 5.03. The van der Waals surface area contributed by atoms with Crippen LogP contribution < -0.4 is 5.32 Å². The van der Waals surface area contributed by atoms with Crippen LogP contribution in [-0.2, 0) is 11.3 Å². The Morgan fingerprint density at radius 3 is 2.50 bits per heavy atom. The van der Waals surface area contributed by atoms with Crippen LogP contribution in [0, 0.1) is 0 Å². The van der Waals surface area contributed by atoms with Gasteiger partial charge in [-0.25, -0.2) is 4.98 Å². The standard InChI is InChI=1S/C16H31N3O/c1-3-4-5-6-7-8-9-10-13-19-14-11-17-16(19)18-12-15-20-2/h11,14H,3-10,12-13,15H2,1-2H3,(H,17,18). The van der Waals surface area contributed by atoms with Gasteiger partial charge in [-0.3, -0.25) is 0 Å². The molecule has 1 aromatic rings. The summed E-state index contributed by atoms with van der Waals surface area (Å²) in [5, 5.41) is 3.30. The number of imidazole rings is 1. The van der Waals surface area contributed by atoms with Crippen molar-refractivity contribution >= 4 is 5.95 Å². The number of rotatable bonds is 13. The quantitative estimate of drug-likeness (QED) is 0.554. The number of anilines is 1. The maximum atomic E-state index is 5.03. The van der Waals surface area contributed by atoms with E-state index in [9.17, 15) is 0 Å². The van der Waals surface area contributed by atoms with E-state index in [1.54, 1.807) is 7.11 Å². The Morgan fingerprint density at radius 1 is 1.10 bits per heavy atom. The Bertz CT molecular complexity index is 325. The highest BCUT2D eigenvalue weighted by molar-refractivity contribution is 5.25. The summed E-state index contributed by atoms with van der Waals surface area (Å²) in [5.41, 5.74) is 0. The molecule has 1 heterocycles. The van der Waals surface area contributed by atoms with E-state index < -0.39 is 0 Å². The number of ether oxygens (including phenoxy) is 1. The minimum atomic E-state index is 0.713. The summed E-state index contributed by atoms with van der Waals surface area (Å²) in [4.78, 5) is 4.33. The van der Waals surface area contributed by atoms with Gasteiger partial charge in [0.15, 0.2) is 0 Å². The van der Waals surface area contributed by atoms with Crippen molar-refractivity contribution in [3.05, 3.63) is 12.4 Å². The molecule has 4 heteroatoms. The van der Waals surface area contributed by atoms with Gasteiger partial charge in [-0.05, 0) is 6.42 Å². The van der Waals surface area contributed by atoms with E-state index in [1.807, 2.05) is 6.20 Å². The summed E-state index contributed by atoms with van der Waals surface area (Å²) in [6.45, 7) is 4.85. The highest BCUT2D eigenvalue weighted by atomic mass is 16.5. The average Bonchev–Trinajstić information content (AvgIpc) is 2.90. The van der Waals surface area contributed by atoms with Crippen molar-refractivity contribution < 1.29 is 4.74 Å². The van der Waals surface area contributed by atoms with E-state index in [0.717, 1.165) is 19.0 Å². The van der Waals surface area contributed by atoms with Crippen molar-refractivity contribution in [1.29, 1.82) is 0 Å². The summed E-state index contributed by atoms with van der Waals surface area (Å²) in [6, 6.07) is 0. The third-order valence-electron chi connectivity index (χ3n) is 3.56. The fourth-order valence-electron chi connectivity index (χ4n) is 2.34. The van der Waals surface area contributed by atoms with E-state index in [-0.39, 0.29) is 0 Å².